The summed E-state index contributed by atoms with van der Waals surface area (Å²) in [5.74, 6) is 2.30. The molecule has 0 radical (unpaired) electrons. The number of rotatable bonds is 9. The molecular formula is C24H25BrF2N2O2. The lowest BCUT2D eigenvalue weighted by Gasteiger charge is -2.26. The lowest BCUT2D eigenvalue weighted by atomic mass is 10.1. The molecule has 0 saturated carbocycles. The Morgan fingerprint density at radius 1 is 0.903 bits per heavy atom. The van der Waals surface area contributed by atoms with E-state index in [0.29, 0.717) is 34.6 Å². The summed E-state index contributed by atoms with van der Waals surface area (Å²) in [5, 5.41) is 0. The van der Waals surface area contributed by atoms with Crippen molar-refractivity contribution in [3.05, 3.63) is 81.5 Å². The van der Waals surface area contributed by atoms with Crippen molar-refractivity contribution in [1.82, 2.24) is 4.98 Å². The van der Waals surface area contributed by atoms with E-state index in [9.17, 15) is 8.78 Å². The van der Waals surface area contributed by atoms with Gasteiger partial charge in [0.15, 0.2) is 0 Å². The number of methoxy groups -OCH3 is 2. The number of aromatic nitrogens is 1. The molecule has 164 valence electrons. The summed E-state index contributed by atoms with van der Waals surface area (Å²) in [5.41, 5.74) is 3.30. The molecule has 0 aliphatic rings. The van der Waals surface area contributed by atoms with Crippen molar-refractivity contribution in [2.24, 2.45) is 0 Å². The molecule has 0 aliphatic carbocycles. The number of anilines is 1. The van der Waals surface area contributed by atoms with Gasteiger partial charge in [-0.1, -0.05) is 40.2 Å². The maximum atomic E-state index is 13.0. The molecular weight excluding hydrogens is 466 g/mol. The van der Waals surface area contributed by atoms with E-state index in [4.69, 9.17) is 9.47 Å². The fraction of sp³-hybridized carbons (Fsp3) is 0.292. The molecule has 3 aromatic rings. The van der Waals surface area contributed by atoms with Gasteiger partial charge in [0, 0.05) is 29.7 Å². The molecule has 0 fully saturated rings. The molecule has 4 nitrogen and oxygen atoms in total. The first-order valence-electron chi connectivity index (χ1n) is 9.84. The largest absolute Gasteiger partial charge is 0.497 e. The zero-order chi connectivity index (χ0) is 22.4. The summed E-state index contributed by atoms with van der Waals surface area (Å²) in [6, 6.07) is 17.5. The number of hydrogen-bond donors (Lipinski definition) is 0. The number of alkyl halides is 2. The summed E-state index contributed by atoms with van der Waals surface area (Å²) in [4.78, 5) is 6.78. The average Bonchev–Trinajstić information content (AvgIpc) is 2.76. The molecule has 2 aromatic carbocycles. The predicted molar refractivity (Wildman–Crippen MR) is 122 cm³/mol. The molecule has 0 N–H and O–H groups in total. The third-order valence-corrected chi connectivity index (χ3v) is 5.72. The van der Waals surface area contributed by atoms with Crippen LogP contribution in [0.1, 0.15) is 22.4 Å². The highest BCUT2D eigenvalue weighted by molar-refractivity contribution is 9.10. The Labute approximate surface area is 190 Å². The van der Waals surface area contributed by atoms with Gasteiger partial charge < -0.3 is 14.4 Å². The van der Waals surface area contributed by atoms with E-state index >= 15 is 0 Å². The standard InChI is InChI=1S/C24H25BrF2N2O2/c1-16-21(12-23(26)27)22(25)13-24(28-16)29(14-17-4-8-19(30-2)9-5-17)15-18-6-10-20(31-3)11-7-18/h4-11,13,23H,12,14-15H2,1-3H3. The molecule has 7 heteroatoms. The van der Waals surface area contributed by atoms with Crippen LogP contribution < -0.4 is 14.4 Å². The molecule has 0 bridgehead atoms. The third-order valence-electron chi connectivity index (χ3n) is 5.01. The normalized spacial score (nSPS) is 10.9. The van der Waals surface area contributed by atoms with E-state index in [-0.39, 0.29) is 6.42 Å². The van der Waals surface area contributed by atoms with Crippen LogP contribution in [0.4, 0.5) is 14.6 Å². The molecule has 1 aromatic heterocycles. The first-order valence-corrected chi connectivity index (χ1v) is 10.6. The van der Waals surface area contributed by atoms with E-state index in [0.717, 1.165) is 22.6 Å². The summed E-state index contributed by atoms with van der Waals surface area (Å²) in [6.45, 7) is 2.97. The van der Waals surface area contributed by atoms with Crippen LogP contribution >= 0.6 is 15.9 Å². The highest BCUT2D eigenvalue weighted by atomic mass is 79.9. The number of pyridine rings is 1. The topological polar surface area (TPSA) is 34.6 Å². The average molecular weight is 491 g/mol. The zero-order valence-corrected chi connectivity index (χ0v) is 19.3. The minimum Gasteiger partial charge on any atom is -0.497 e. The zero-order valence-electron chi connectivity index (χ0n) is 17.7. The fourth-order valence-electron chi connectivity index (χ4n) is 3.33. The van der Waals surface area contributed by atoms with Crippen molar-refractivity contribution in [2.45, 2.75) is 32.9 Å². The molecule has 3 rings (SSSR count). The number of benzene rings is 2. The molecule has 0 unspecified atom stereocenters. The fourth-order valence-corrected chi connectivity index (χ4v) is 3.98. The van der Waals surface area contributed by atoms with Gasteiger partial charge in [-0.2, -0.15) is 0 Å². The number of ether oxygens (including phenoxy) is 2. The second-order valence-corrected chi connectivity index (χ2v) is 8.03. The van der Waals surface area contributed by atoms with E-state index in [1.807, 2.05) is 54.6 Å². The van der Waals surface area contributed by atoms with Gasteiger partial charge >= 0.3 is 0 Å². The molecule has 0 atom stereocenters. The van der Waals surface area contributed by atoms with Crippen molar-refractivity contribution in [3.8, 4) is 11.5 Å². The Balaban J connectivity index is 1.93. The van der Waals surface area contributed by atoms with E-state index < -0.39 is 6.43 Å². The second-order valence-electron chi connectivity index (χ2n) is 7.17. The monoisotopic (exact) mass is 490 g/mol. The quantitative estimate of drug-likeness (QED) is 0.358. The second kappa shape index (κ2) is 10.6. The summed E-state index contributed by atoms with van der Waals surface area (Å²) >= 11 is 3.47. The van der Waals surface area contributed by atoms with Crippen molar-refractivity contribution in [2.75, 3.05) is 19.1 Å². The minimum atomic E-state index is -2.42. The molecule has 0 saturated heterocycles. The van der Waals surface area contributed by atoms with Crippen molar-refractivity contribution in [1.29, 1.82) is 0 Å². The summed E-state index contributed by atoms with van der Waals surface area (Å²) < 4.78 is 37.1. The van der Waals surface area contributed by atoms with E-state index in [2.05, 4.69) is 25.8 Å². The van der Waals surface area contributed by atoms with Crippen molar-refractivity contribution < 1.29 is 18.3 Å². The van der Waals surface area contributed by atoms with Gasteiger partial charge in [-0.25, -0.2) is 13.8 Å². The van der Waals surface area contributed by atoms with Gasteiger partial charge in [-0.05, 0) is 53.9 Å². The highest BCUT2D eigenvalue weighted by Gasteiger charge is 2.17. The van der Waals surface area contributed by atoms with Gasteiger partial charge in [0.05, 0.1) is 14.2 Å². The maximum absolute atomic E-state index is 13.0. The van der Waals surface area contributed by atoms with Gasteiger partial charge in [0.1, 0.15) is 17.3 Å². The van der Waals surface area contributed by atoms with Gasteiger partial charge in [0.2, 0.25) is 6.43 Å². The SMILES string of the molecule is COc1ccc(CN(Cc2ccc(OC)cc2)c2cc(Br)c(CC(F)F)c(C)n2)cc1. The number of aryl methyl sites for hydroxylation is 1. The Morgan fingerprint density at radius 2 is 1.39 bits per heavy atom. The first kappa shape index (κ1) is 23.0. The maximum Gasteiger partial charge on any atom is 0.242 e. The Hall–Kier alpha value is -2.67. The lowest BCUT2D eigenvalue weighted by Crippen LogP contribution is -2.24. The van der Waals surface area contributed by atoms with Crippen LogP contribution in [0.3, 0.4) is 0 Å². The van der Waals surface area contributed by atoms with Crippen LogP contribution in [0.5, 0.6) is 11.5 Å². The van der Waals surface area contributed by atoms with Crippen LogP contribution in [0, 0.1) is 6.92 Å². The minimum absolute atomic E-state index is 0.323. The van der Waals surface area contributed by atoms with Crippen LogP contribution in [-0.4, -0.2) is 25.6 Å². The highest BCUT2D eigenvalue weighted by Crippen LogP contribution is 2.29. The molecule has 0 aliphatic heterocycles. The number of halogens is 3. The van der Waals surface area contributed by atoms with Gasteiger partial charge in [-0.3, -0.25) is 0 Å². The summed E-state index contributed by atoms with van der Waals surface area (Å²) in [6.07, 6.45) is -2.74. The van der Waals surface area contributed by atoms with Crippen LogP contribution in [-0.2, 0) is 19.5 Å². The van der Waals surface area contributed by atoms with Gasteiger partial charge in [-0.15, -0.1) is 0 Å². The third kappa shape index (κ3) is 6.17. The molecule has 0 amide bonds. The number of nitrogens with zero attached hydrogens (tertiary/aromatic N) is 2. The molecule has 1 heterocycles. The molecule has 31 heavy (non-hydrogen) atoms. The Bertz CT molecular complexity index is 923. The number of hydrogen-bond acceptors (Lipinski definition) is 4. The smallest absolute Gasteiger partial charge is 0.242 e. The predicted octanol–water partition coefficient (Wildman–Crippen LogP) is 6.18. The van der Waals surface area contributed by atoms with Crippen LogP contribution in [0.2, 0.25) is 0 Å². The van der Waals surface area contributed by atoms with E-state index in [1.54, 1.807) is 21.1 Å². The van der Waals surface area contributed by atoms with Crippen molar-refractivity contribution >= 4 is 21.7 Å². The van der Waals surface area contributed by atoms with Crippen molar-refractivity contribution in [3.63, 3.8) is 0 Å². The summed E-state index contributed by atoms with van der Waals surface area (Å²) in [7, 11) is 3.27. The Kier molecular flexibility index (Phi) is 7.85. The Morgan fingerprint density at radius 3 is 1.77 bits per heavy atom. The molecule has 0 spiro atoms. The van der Waals surface area contributed by atoms with Crippen LogP contribution in [0.25, 0.3) is 0 Å². The lowest BCUT2D eigenvalue weighted by molar-refractivity contribution is 0.148. The van der Waals surface area contributed by atoms with Gasteiger partial charge in [0.25, 0.3) is 0 Å². The van der Waals surface area contributed by atoms with Crippen LogP contribution in [0.15, 0.2) is 59.1 Å². The van der Waals surface area contributed by atoms with E-state index in [1.165, 1.54) is 0 Å². The first-order chi connectivity index (χ1) is 14.9.